The number of nitrogens with two attached hydrogens (primary N) is 1. The summed E-state index contributed by atoms with van der Waals surface area (Å²) in [5, 5.41) is 10.7. The normalized spacial score (nSPS) is 11.6. The van der Waals surface area contributed by atoms with E-state index < -0.39 is 22.5 Å². The van der Waals surface area contributed by atoms with Crippen LogP contribution in [-0.2, 0) is 15.6 Å². The zero-order chi connectivity index (χ0) is 13.5. The predicted molar refractivity (Wildman–Crippen MR) is 65.3 cm³/mol. The van der Waals surface area contributed by atoms with Gasteiger partial charge in [-0.05, 0) is 18.2 Å². The molecule has 1 rings (SSSR count). The van der Waals surface area contributed by atoms with E-state index in [1.807, 2.05) is 6.07 Å². The number of nitrogen functional groups attached to an aromatic ring is 1. The van der Waals surface area contributed by atoms with Gasteiger partial charge in [-0.15, -0.1) is 0 Å². The molecule has 1 atom stereocenters. The van der Waals surface area contributed by atoms with Crippen LogP contribution in [0.3, 0.4) is 0 Å². The van der Waals surface area contributed by atoms with Gasteiger partial charge in [-0.1, -0.05) is 0 Å². The van der Waals surface area contributed by atoms with Crippen LogP contribution in [0.5, 0.6) is 0 Å². The third-order valence-electron chi connectivity index (χ3n) is 2.04. The molecule has 0 bridgehead atoms. The van der Waals surface area contributed by atoms with Crippen molar-refractivity contribution in [3.8, 4) is 6.07 Å². The molecular weight excluding hydrogens is 257 g/mol. The molecule has 0 heterocycles. The van der Waals surface area contributed by atoms with E-state index in [9.17, 15) is 13.4 Å². The van der Waals surface area contributed by atoms with Gasteiger partial charge in [0, 0.05) is 12.2 Å². The Bertz CT molecular complexity index is 514. The first-order valence-corrected chi connectivity index (χ1v) is 6.43. The third kappa shape index (κ3) is 4.14. The molecule has 0 aliphatic heterocycles. The molecule has 1 unspecified atom stereocenters. The van der Waals surface area contributed by atoms with Crippen LogP contribution in [0, 0.1) is 17.1 Å². The Morgan fingerprint density at radius 2 is 2.28 bits per heavy atom. The van der Waals surface area contributed by atoms with Crippen molar-refractivity contribution in [2.45, 2.75) is 11.3 Å². The lowest BCUT2D eigenvalue weighted by molar-refractivity contribution is -0.118. The first-order chi connectivity index (χ1) is 8.54. The summed E-state index contributed by atoms with van der Waals surface area (Å²) in [6.45, 7) is 0.200. The molecule has 0 spiro atoms. The Hall–Kier alpha value is -1.94. The van der Waals surface area contributed by atoms with E-state index in [0.29, 0.717) is 0 Å². The Morgan fingerprint density at radius 1 is 1.56 bits per heavy atom. The zero-order valence-corrected chi connectivity index (χ0v) is 10.3. The maximum atomic E-state index is 13.0. The monoisotopic (exact) mass is 269 g/mol. The molecule has 7 heteroatoms. The van der Waals surface area contributed by atoms with Crippen molar-refractivity contribution in [1.29, 1.82) is 5.26 Å². The molecule has 0 saturated heterocycles. The van der Waals surface area contributed by atoms with Crippen molar-refractivity contribution >= 4 is 22.4 Å². The fourth-order valence-corrected chi connectivity index (χ4v) is 2.28. The van der Waals surface area contributed by atoms with Crippen LogP contribution < -0.4 is 11.1 Å². The van der Waals surface area contributed by atoms with Crippen LogP contribution in [0.4, 0.5) is 10.1 Å². The number of hydrogen-bond donors (Lipinski definition) is 2. The van der Waals surface area contributed by atoms with E-state index in [2.05, 4.69) is 5.32 Å². The lowest BCUT2D eigenvalue weighted by atomic mass is 10.3. The number of amides is 1. The SMILES string of the molecule is N#CCCNC(=O)CS(=O)c1cc(F)ccc1N. The second-order valence-electron chi connectivity index (χ2n) is 3.43. The van der Waals surface area contributed by atoms with E-state index in [0.717, 1.165) is 12.1 Å². The van der Waals surface area contributed by atoms with Crippen LogP contribution in [0.2, 0.25) is 0 Å². The number of carbonyl (C=O) groups is 1. The van der Waals surface area contributed by atoms with Crippen LogP contribution in [-0.4, -0.2) is 22.4 Å². The van der Waals surface area contributed by atoms with Crippen molar-refractivity contribution < 1.29 is 13.4 Å². The quantitative estimate of drug-likeness (QED) is 0.602. The molecule has 1 amide bonds. The molecule has 1 aromatic carbocycles. The Kier molecular flexibility index (Phi) is 5.27. The van der Waals surface area contributed by atoms with E-state index >= 15 is 0 Å². The summed E-state index contributed by atoms with van der Waals surface area (Å²) in [4.78, 5) is 11.5. The highest BCUT2D eigenvalue weighted by molar-refractivity contribution is 7.86. The zero-order valence-electron chi connectivity index (χ0n) is 9.48. The number of nitrogens with one attached hydrogen (secondary N) is 1. The highest BCUT2D eigenvalue weighted by Crippen LogP contribution is 2.17. The maximum Gasteiger partial charge on any atom is 0.233 e. The Balaban J connectivity index is 2.63. The topological polar surface area (TPSA) is 96.0 Å². The number of nitriles is 1. The predicted octanol–water partition coefficient (Wildman–Crippen LogP) is 0.545. The maximum absolute atomic E-state index is 13.0. The van der Waals surface area contributed by atoms with Crippen LogP contribution in [0.1, 0.15) is 6.42 Å². The highest BCUT2D eigenvalue weighted by atomic mass is 32.2. The lowest BCUT2D eigenvalue weighted by Crippen LogP contribution is -2.29. The van der Waals surface area contributed by atoms with E-state index in [1.165, 1.54) is 6.07 Å². The average Bonchev–Trinajstić information content (AvgIpc) is 2.32. The summed E-state index contributed by atoms with van der Waals surface area (Å²) in [5.41, 5.74) is 5.73. The molecule has 0 radical (unpaired) electrons. The number of rotatable bonds is 5. The van der Waals surface area contributed by atoms with Crippen LogP contribution >= 0.6 is 0 Å². The van der Waals surface area contributed by atoms with Crippen molar-refractivity contribution in [1.82, 2.24) is 5.32 Å². The number of hydrogen-bond acceptors (Lipinski definition) is 4. The van der Waals surface area contributed by atoms with Crippen molar-refractivity contribution in [3.05, 3.63) is 24.0 Å². The van der Waals surface area contributed by atoms with Gasteiger partial charge in [0.25, 0.3) is 0 Å². The van der Waals surface area contributed by atoms with Crippen molar-refractivity contribution in [2.75, 3.05) is 18.0 Å². The summed E-state index contributed by atoms with van der Waals surface area (Å²) in [6.07, 6.45) is 0.181. The number of anilines is 1. The highest BCUT2D eigenvalue weighted by Gasteiger charge is 2.13. The second-order valence-corrected chi connectivity index (χ2v) is 4.85. The minimum absolute atomic E-state index is 0.102. The molecule has 3 N–H and O–H groups in total. The largest absolute Gasteiger partial charge is 0.398 e. The molecule has 0 aromatic heterocycles. The van der Waals surface area contributed by atoms with Crippen molar-refractivity contribution in [2.24, 2.45) is 0 Å². The number of benzene rings is 1. The minimum Gasteiger partial charge on any atom is -0.398 e. The van der Waals surface area contributed by atoms with Gasteiger partial charge in [0.05, 0.1) is 28.2 Å². The second kappa shape index (κ2) is 6.71. The van der Waals surface area contributed by atoms with Gasteiger partial charge >= 0.3 is 0 Å². The number of nitrogens with zero attached hydrogens (tertiary/aromatic N) is 1. The van der Waals surface area contributed by atoms with Gasteiger partial charge in [0.1, 0.15) is 11.6 Å². The van der Waals surface area contributed by atoms with Gasteiger partial charge in [-0.3, -0.25) is 9.00 Å². The van der Waals surface area contributed by atoms with Crippen molar-refractivity contribution in [3.63, 3.8) is 0 Å². The molecule has 96 valence electrons. The first-order valence-electron chi connectivity index (χ1n) is 5.11. The molecular formula is C11H12FN3O2S. The van der Waals surface area contributed by atoms with Gasteiger partial charge in [0.2, 0.25) is 5.91 Å². The summed E-state index contributed by atoms with van der Waals surface area (Å²) >= 11 is 0. The summed E-state index contributed by atoms with van der Waals surface area (Å²) < 4.78 is 24.8. The Morgan fingerprint density at radius 3 is 2.94 bits per heavy atom. The number of halogens is 1. The van der Waals surface area contributed by atoms with Gasteiger partial charge in [0.15, 0.2) is 0 Å². The lowest BCUT2D eigenvalue weighted by Gasteiger charge is -2.06. The standard InChI is InChI=1S/C11H12FN3O2S/c12-8-2-3-9(14)10(6-8)18(17)7-11(16)15-5-1-4-13/h2-3,6H,1,5,7,14H2,(H,15,16). The van der Waals surface area contributed by atoms with E-state index in [-0.39, 0.29) is 29.3 Å². The molecule has 0 saturated carbocycles. The van der Waals surface area contributed by atoms with Crippen LogP contribution in [0.15, 0.2) is 23.1 Å². The molecule has 0 aliphatic rings. The molecule has 0 aliphatic carbocycles. The van der Waals surface area contributed by atoms with Gasteiger partial charge < -0.3 is 11.1 Å². The first kappa shape index (κ1) is 14.1. The average molecular weight is 269 g/mol. The summed E-state index contributed by atoms with van der Waals surface area (Å²) in [7, 11) is -1.70. The van der Waals surface area contributed by atoms with Gasteiger partial charge in [-0.2, -0.15) is 5.26 Å². The van der Waals surface area contributed by atoms with E-state index in [1.54, 1.807) is 0 Å². The number of carbonyl (C=O) groups excluding carboxylic acids is 1. The van der Waals surface area contributed by atoms with E-state index in [4.69, 9.17) is 11.0 Å². The third-order valence-corrected chi connectivity index (χ3v) is 3.41. The smallest absolute Gasteiger partial charge is 0.233 e. The molecule has 5 nitrogen and oxygen atoms in total. The Labute approximate surface area is 106 Å². The fourth-order valence-electron chi connectivity index (χ4n) is 1.21. The van der Waals surface area contributed by atoms with Crippen LogP contribution in [0.25, 0.3) is 0 Å². The minimum atomic E-state index is -1.70. The fraction of sp³-hybridized carbons (Fsp3) is 0.273. The molecule has 18 heavy (non-hydrogen) atoms. The molecule has 0 fully saturated rings. The molecule has 1 aromatic rings. The summed E-state index contributed by atoms with van der Waals surface area (Å²) in [6, 6.07) is 5.37. The van der Waals surface area contributed by atoms with Gasteiger partial charge in [-0.25, -0.2) is 4.39 Å². The summed E-state index contributed by atoms with van der Waals surface area (Å²) in [5.74, 6) is -1.33.